The zero-order valence-electron chi connectivity index (χ0n) is 13.6. The normalized spacial score (nSPS) is 9.71. The summed E-state index contributed by atoms with van der Waals surface area (Å²) in [5.41, 5.74) is 1.71. The average Bonchev–Trinajstić information content (AvgIpc) is 2.62. The first-order chi connectivity index (χ1) is 11.7. The van der Waals surface area contributed by atoms with Gasteiger partial charge in [-0.15, -0.1) is 0 Å². The van der Waals surface area contributed by atoms with Gasteiger partial charge in [0, 0.05) is 19.0 Å². The maximum atomic E-state index is 12.0. The van der Waals surface area contributed by atoms with Gasteiger partial charge in [0.2, 0.25) is 5.91 Å². The third-order valence-electron chi connectivity index (χ3n) is 3.40. The second-order valence-corrected chi connectivity index (χ2v) is 4.95. The molecule has 0 aromatic heterocycles. The average molecular weight is 325 g/mol. The number of para-hydroxylation sites is 1. The van der Waals surface area contributed by atoms with Gasteiger partial charge in [-0.1, -0.05) is 12.1 Å². The molecule has 124 valence electrons. The highest BCUT2D eigenvalue weighted by Gasteiger charge is 2.08. The van der Waals surface area contributed by atoms with Crippen LogP contribution in [-0.4, -0.2) is 26.7 Å². The summed E-state index contributed by atoms with van der Waals surface area (Å²) in [6, 6.07) is 14.3. The molecule has 0 saturated heterocycles. The molecule has 6 heteroatoms. The van der Waals surface area contributed by atoms with Crippen LogP contribution in [0.5, 0.6) is 11.5 Å². The van der Waals surface area contributed by atoms with Crippen LogP contribution in [0.4, 0.5) is 11.4 Å². The van der Waals surface area contributed by atoms with Crippen LogP contribution in [0.25, 0.3) is 0 Å². The predicted molar refractivity (Wildman–Crippen MR) is 92.4 cm³/mol. The first kappa shape index (κ1) is 17.2. The minimum atomic E-state index is -0.174. The molecule has 0 spiro atoms. The van der Waals surface area contributed by atoms with Crippen LogP contribution in [0, 0.1) is 11.3 Å². The number of rotatable bonds is 7. The van der Waals surface area contributed by atoms with Gasteiger partial charge in [-0.3, -0.25) is 4.79 Å². The Kier molecular flexibility index (Phi) is 6.03. The predicted octanol–water partition coefficient (Wildman–Crippen LogP) is 3.02. The molecule has 0 atom stereocenters. The molecule has 0 unspecified atom stereocenters. The molecule has 24 heavy (non-hydrogen) atoms. The molecule has 0 aliphatic rings. The van der Waals surface area contributed by atoms with Crippen molar-refractivity contribution in [3.05, 3.63) is 48.0 Å². The van der Waals surface area contributed by atoms with Crippen molar-refractivity contribution in [1.29, 1.82) is 5.26 Å². The van der Waals surface area contributed by atoms with E-state index in [1.54, 1.807) is 50.6 Å². The number of amides is 1. The van der Waals surface area contributed by atoms with Crippen LogP contribution in [0.2, 0.25) is 0 Å². The first-order valence-electron chi connectivity index (χ1n) is 7.42. The van der Waals surface area contributed by atoms with Gasteiger partial charge in [0.25, 0.3) is 0 Å². The van der Waals surface area contributed by atoms with Crippen molar-refractivity contribution in [2.45, 2.75) is 6.42 Å². The minimum absolute atomic E-state index is 0.174. The Hall–Kier alpha value is -3.20. The van der Waals surface area contributed by atoms with E-state index in [2.05, 4.69) is 10.6 Å². The summed E-state index contributed by atoms with van der Waals surface area (Å²) in [6.45, 7) is 0.421. The Morgan fingerprint density at radius 1 is 1.12 bits per heavy atom. The van der Waals surface area contributed by atoms with E-state index in [9.17, 15) is 4.79 Å². The summed E-state index contributed by atoms with van der Waals surface area (Å²) in [5, 5.41) is 14.9. The van der Waals surface area contributed by atoms with Gasteiger partial charge in [0.1, 0.15) is 17.6 Å². The number of benzene rings is 2. The number of nitrogens with one attached hydrogen (secondary N) is 2. The monoisotopic (exact) mass is 325 g/mol. The van der Waals surface area contributed by atoms with Crippen molar-refractivity contribution < 1.29 is 14.3 Å². The molecular weight excluding hydrogens is 306 g/mol. The van der Waals surface area contributed by atoms with Crippen LogP contribution in [0.3, 0.4) is 0 Å². The van der Waals surface area contributed by atoms with Crippen LogP contribution in [0.1, 0.15) is 12.0 Å². The molecule has 0 bridgehead atoms. The molecule has 2 aromatic rings. The van der Waals surface area contributed by atoms with E-state index in [4.69, 9.17) is 14.7 Å². The van der Waals surface area contributed by atoms with E-state index in [1.165, 1.54) is 0 Å². The lowest BCUT2D eigenvalue weighted by molar-refractivity contribution is -0.115. The fraction of sp³-hybridized carbons (Fsp3) is 0.222. The lowest BCUT2D eigenvalue weighted by Gasteiger charge is -2.13. The largest absolute Gasteiger partial charge is 0.497 e. The number of anilines is 2. The molecule has 1 amide bonds. The summed E-state index contributed by atoms with van der Waals surface area (Å²) >= 11 is 0. The van der Waals surface area contributed by atoms with Gasteiger partial charge in [-0.05, 0) is 24.3 Å². The Balaban J connectivity index is 1.92. The van der Waals surface area contributed by atoms with Crippen molar-refractivity contribution in [1.82, 2.24) is 0 Å². The number of carbonyl (C=O) groups is 1. The van der Waals surface area contributed by atoms with E-state index in [-0.39, 0.29) is 12.3 Å². The summed E-state index contributed by atoms with van der Waals surface area (Å²) < 4.78 is 10.5. The van der Waals surface area contributed by atoms with Crippen LogP contribution in [-0.2, 0) is 4.79 Å². The Labute approximate surface area is 141 Å². The van der Waals surface area contributed by atoms with Crippen molar-refractivity contribution in [2.75, 3.05) is 31.4 Å². The Bertz CT molecular complexity index is 753. The zero-order chi connectivity index (χ0) is 17.4. The van der Waals surface area contributed by atoms with Gasteiger partial charge in [-0.2, -0.15) is 5.26 Å². The van der Waals surface area contributed by atoms with Gasteiger partial charge in [0.05, 0.1) is 31.2 Å². The second-order valence-electron chi connectivity index (χ2n) is 4.95. The van der Waals surface area contributed by atoms with Gasteiger partial charge >= 0.3 is 0 Å². The maximum Gasteiger partial charge on any atom is 0.226 e. The van der Waals surface area contributed by atoms with E-state index in [1.807, 2.05) is 12.1 Å². The molecular formula is C18H19N3O3. The topological polar surface area (TPSA) is 83.4 Å². The number of nitriles is 1. The molecule has 2 aromatic carbocycles. The molecule has 0 aliphatic carbocycles. The van der Waals surface area contributed by atoms with Gasteiger partial charge in [0.15, 0.2) is 0 Å². The van der Waals surface area contributed by atoms with E-state index in [0.29, 0.717) is 29.3 Å². The fourth-order valence-corrected chi connectivity index (χ4v) is 2.17. The summed E-state index contributed by atoms with van der Waals surface area (Å²) in [7, 11) is 3.17. The van der Waals surface area contributed by atoms with Gasteiger partial charge < -0.3 is 20.1 Å². The second kappa shape index (κ2) is 8.44. The van der Waals surface area contributed by atoms with Crippen molar-refractivity contribution >= 4 is 17.3 Å². The van der Waals surface area contributed by atoms with E-state index in [0.717, 1.165) is 5.69 Å². The van der Waals surface area contributed by atoms with E-state index < -0.39 is 0 Å². The molecule has 2 N–H and O–H groups in total. The SMILES string of the molecule is COc1ccc(OC)c(NCCC(=O)Nc2ccccc2C#N)c1. The lowest BCUT2D eigenvalue weighted by Crippen LogP contribution is -2.17. The highest BCUT2D eigenvalue weighted by Crippen LogP contribution is 2.28. The standard InChI is InChI=1S/C18H19N3O3/c1-23-14-7-8-17(24-2)16(11-14)20-10-9-18(22)21-15-6-4-3-5-13(15)12-19/h3-8,11,20H,9-10H2,1-2H3,(H,21,22). The van der Waals surface area contributed by atoms with Crippen molar-refractivity contribution in [3.63, 3.8) is 0 Å². The molecule has 0 fully saturated rings. The number of ether oxygens (including phenoxy) is 2. The summed E-state index contributed by atoms with van der Waals surface area (Å²) in [4.78, 5) is 12.0. The Morgan fingerprint density at radius 2 is 1.92 bits per heavy atom. The number of carbonyl (C=O) groups excluding carboxylic acids is 1. The summed E-state index contributed by atoms with van der Waals surface area (Å²) in [5.74, 6) is 1.20. The molecule has 0 aliphatic heterocycles. The number of hydrogen-bond donors (Lipinski definition) is 2. The lowest BCUT2D eigenvalue weighted by atomic mass is 10.2. The van der Waals surface area contributed by atoms with Gasteiger partial charge in [-0.25, -0.2) is 0 Å². The first-order valence-corrected chi connectivity index (χ1v) is 7.42. The smallest absolute Gasteiger partial charge is 0.226 e. The number of hydrogen-bond acceptors (Lipinski definition) is 5. The van der Waals surface area contributed by atoms with E-state index >= 15 is 0 Å². The molecule has 2 rings (SSSR count). The van der Waals surface area contributed by atoms with Crippen LogP contribution in [0.15, 0.2) is 42.5 Å². The molecule has 0 saturated carbocycles. The minimum Gasteiger partial charge on any atom is -0.497 e. The maximum absolute atomic E-state index is 12.0. The molecule has 0 heterocycles. The molecule has 0 radical (unpaired) electrons. The van der Waals surface area contributed by atoms with Crippen LogP contribution < -0.4 is 20.1 Å². The van der Waals surface area contributed by atoms with Crippen molar-refractivity contribution in [2.24, 2.45) is 0 Å². The highest BCUT2D eigenvalue weighted by atomic mass is 16.5. The molecule has 6 nitrogen and oxygen atoms in total. The number of nitrogens with zero attached hydrogens (tertiary/aromatic N) is 1. The number of methoxy groups -OCH3 is 2. The quantitative estimate of drug-likeness (QED) is 0.817. The third kappa shape index (κ3) is 4.40. The fourth-order valence-electron chi connectivity index (χ4n) is 2.17. The summed E-state index contributed by atoms with van der Waals surface area (Å²) in [6.07, 6.45) is 0.250. The zero-order valence-corrected chi connectivity index (χ0v) is 13.6. The van der Waals surface area contributed by atoms with Crippen LogP contribution >= 0.6 is 0 Å². The van der Waals surface area contributed by atoms with Crippen molar-refractivity contribution in [3.8, 4) is 17.6 Å². The Morgan fingerprint density at radius 3 is 2.62 bits per heavy atom. The third-order valence-corrected chi connectivity index (χ3v) is 3.40. The highest BCUT2D eigenvalue weighted by molar-refractivity contribution is 5.92.